The Morgan fingerprint density at radius 1 is 1.37 bits per heavy atom. The van der Waals surface area contributed by atoms with Gasteiger partial charge in [-0.05, 0) is 51.6 Å². The van der Waals surface area contributed by atoms with E-state index in [-0.39, 0.29) is 11.8 Å². The number of hydrogen-bond acceptors (Lipinski definition) is 3. The van der Waals surface area contributed by atoms with Crippen molar-refractivity contribution in [3.8, 4) is 0 Å². The minimum absolute atomic E-state index is 0.109. The summed E-state index contributed by atoms with van der Waals surface area (Å²) in [5, 5.41) is 3.15. The van der Waals surface area contributed by atoms with Crippen molar-refractivity contribution < 1.29 is 4.79 Å². The summed E-state index contributed by atoms with van der Waals surface area (Å²) >= 11 is 0. The second-order valence-corrected chi connectivity index (χ2v) is 6.50. The average molecular weight is 267 g/mol. The largest absolute Gasteiger partial charge is 0.354 e. The number of likely N-dealkylation sites (N-methyl/N-ethyl adjacent to an activating group) is 1. The van der Waals surface area contributed by atoms with Gasteiger partial charge < -0.3 is 16.0 Å². The van der Waals surface area contributed by atoms with Crippen molar-refractivity contribution in [2.24, 2.45) is 17.6 Å². The van der Waals surface area contributed by atoms with Crippen LogP contribution in [0, 0.1) is 11.8 Å². The van der Waals surface area contributed by atoms with Crippen LogP contribution in [0.3, 0.4) is 0 Å². The van der Waals surface area contributed by atoms with Gasteiger partial charge in [0, 0.05) is 24.5 Å². The zero-order valence-electron chi connectivity index (χ0n) is 12.4. The third-order valence-electron chi connectivity index (χ3n) is 5.06. The Kier molecular flexibility index (Phi) is 5.22. The highest BCUT2D eigenvalue weighted by molar-refractivity contribution is 5.78. The molecule has 2 aliphatic rings. The van der Waals surface area contributed by atoms with Gasteiger partial charge in [-0.1, -0.05) is 13.3 Å². The Morgan fingerprint density at radius 2 is 2.16 bits per heavy atom. The summed E-state index contributed by atoms with van der Waals surface area (Å²) in [4.78, 5) is 14.6. The fourth-order valence-electron chi connectivity index (χ4n) is 3.55. The number of carbonyl (C=O) groups excluding carboxylic acids is 1. The predicted octanol–water partition coefficient (Wildman–Crippen LogP) is 1.35. The van der Waals surface area contributed by atoms with Crippen LogP contribution >= 0.6 is 0 Å². The van der Waals surface area contributed by atoms with Crippen molar-refractivity contribution >= 4 is 5.91 Å². The molecule has 19 heavy (non-hydrogen) atoms. The molecule has 1 saturated heterocycles. The summed E-state index contributed by atoms with van der Waals surface area (Å²) in [5.74, 6) is 0.808. The molecular weight excluding hydrogens is 238 g/mol. The van der Waals surface area contributed by atoms with Crippen molar-refractivity contribution in [2.75, 3.05) is 20.1 Å². The second kappa shape index (κ2) is 6.71. The molecule has 2 rings (SSSR count). The second-order valence-electron chi connectivity index (χ2n) is 6.50. The molecule has 0 spiro atoms. The smallest absolute Gasteiger partial charge is 0.223 e. The third kappa shape index (κ3) is 3.93. The van der Waals surface area contributed by atoms with E-state index in [1.165, 1.54) is 19.3 Å². The molecule has 0 radical (unpaired) electrons. The summed E-state index contributed by atoms with van der Waals surface area (Å²) in [5.41, 5.74) is 6.02. The molecule has 3 N–H and O–H groups in total. The molecular formula is C15H29N3O. The van der Waals surface area contributed by atoms with Crippen LogP contribution in [-0.4, -0.2) is 43.0 Å². The monoisotopic (exact) mass is 267 g/mol. The van der Waals surface area contributed by atoms with Gasteiger partial charge in [0.25, 0.3) is 0 Å². The highest BCUT2D eigenvalue weighted by atomic mass is 16.1. The summed E-state index contributed by atoms with van der Waals surface area (Å²) in [6.07, 6.45) is 6.93. The minimum Gasteiger partial charge on any atom is -0.354 e. The molecule has 4 nitrogen and oxygen atoms in total. The summed E-state index contributed by atoms with van der Waals surface area (Å²) in [7, 11) is 2.15. The third-order valence-corrected chi connectivity index (χ3v) is 5.06. The Labute approximate surface area is 117 Å². The van der Waals surface area contributed by atoms with Gasteiger partial charge in [-0.25, -0.2) is 0 Å². The average Bonchev–Trinajstić information content (AvgIpc) is 2.80. The van der Waals surface area contributed by atoms with E-state index in [4.69, 9.17) is 5.73 Å². The number of nitrogens with zero attached hydrogens (tertiary/aromatic N) is 1. The minimum atomic E-state index is 0.109. The lowest BCUT2D eigenvalue weighted by Gasteiger charge is -2.31. The molecule has 4 heteroatoms. The maximum Gasteiger partial charge on any atom is 0.223 e. The van der Waals surface area contributed by atoms with Gasteiger partial charge in [0.2, 0.25) is 5.91 Å². The fraction of sp³-hybridized carbons (Fsp3) is 0.933. The van der Waals surface area contributed by atoms with E-state index in [1.54, 1.807) is 0 Å². The van der Waals surface area contributed by atoms with Gasteiger partial charge in [-0.15, -0.1) is 0 Å². The van der Waals surface area contributed by atoms with Crippen molar-refractivity contribution in [2.45, 2.75) is 57.5 Å². The maximum atomic E-state index is 12.2. The summed E-state index contributed by atoms with van der Waals surface area (Å²) in [6, 6.07) is 0.833. The van der Waals surface area contributed by atoms with Crippen LogP contribution < -0.4 is 11.1 Å². The van der Waals surface area contributed by atoms with Crippen LogP contribution in [0.4, 0.5) is 0 Å². The first-order valence-electron chi connectivity index (χ1n) is 7.81. The Balaban J connectivity index is 1.75. The van der Waals surface area contributed by atoms with Crippen molar-refractivity contribution in [1.29, 1.82) is 0 Å². The fourth-order valence-corrected chi connectivity index (χ4v) is 3.55. The molecule has 0 aromatic carbocycles. The first kappa shape index (κ1) is 14.8. The SMILES string of the molecule is CC(C(=O)NCC1CCCN1C)C1CCCC(N)C1. The summed E-state index contributed by atoms with van der Waals surface area (Å²) < 4.78 is 0. The van der Waals surface area contributed by atoms with Crippen LogP contribution in [0.5, 0.6) is 0 Å². The molecule has 1 aliphatic carbocycles. The number of amides is 1. The van der Waals surface area contributed by atoms with Crippen molar-refractivity contribution in [1.82, 2.24) is 10.2 Å². The van der Waals surface area contributed by atoms with Gasteiger partial charge >= 0.3 is 0 Å². The number of likely N-dealkylation sites (tertiary alicyclic amines) is 1. The van der Waals surface area contributed by atoms with Crippen LogP contribution in [0.2, 0.25) is 0 Å². The van der Waals surface area contributed by atoms with Gasteiger partial charge in [-0.2, -0.15) is 0 Å². The molecule has 110 valence electrons. The standard InChI is InChI=1S/C15H29N3O/c1-11(12-5-3-6-13(16)9-12)15(19)17-10-14-7-4-8-18(14)2/h11-14H,3-10,16H2,1-2H3,(H,17,19). The zero-order chi connectivity index (χ0) is 13.8. The van der Waals surface area contributed by atoms with Gasteiger partial charge in [0.05, 0.1) is 0 Å². The Hall–Kier alpha value is -0.610. The lowest BCUT2D eigenvalue weighted by atomic mass is 9.78. The lowest BCUT2D eigenvalue weighted by Crippen LogP contribution is -2.43. The van der Waals surface area contributed by atoms with E-state index < -0.39 is 0 Å². The molecule has 1 amide bonds. The van der Waals surface area contributed by atoms with Gasteiger partial charge in [0.1, 0.15) is 0 Å². The number of carbonyl (C=O) groups is 1. The molecule has 4 unspecified atom stereocenters. The molecule has 4 atom stereocenters. The molecule has 1 heterocycles. The normalized spacial score (nSPS) is 34.2. The lowest BCUT2D eigenvalue weighted by molar-refractivity contribution is -0.126. The number of nitrogens with two attached hydrogens (primary N) is 1. The first-order valence-corrected chi connectivity index (χ1v) is 7.81. The van der Waals surface area contributed by atoms with E-state index in [9.17, 15) is 4.79 Å². The number of nitrogens with one attached hydrogen (secondary N) is 1. The molecule has 2 fully saturated rings. The van der Waals surface area contributed by atoms with Crippen LogP contribution in [0.25, 0.3) is 0 Å². The topological polar surface area (TPSA) is 58.4 Å². The van der Waals surface area contributed by atoms with Crippen LogP contribution in [-0.2, 0) is 4.79 Å². The number of hydrogen-bond donors (Lipinski definition) is 2. The Morgan fingerprint density at radius 3 is 2.79 bits per heavy atom. The van der Waals surface area contributed by atoms with Gasteiger partial charge in [0.15, 0.2) is 0 Å². The first-order chi connectivity index (χ1) is 9.08. The maximum absolute atomic E-state index is 12.2. The highest BCUT2D eigenvalue weighted by Crippen LogP contribution is 2.29. The highest BCUT2D eigenvalue weighted by Gasteiger charge is 2.29. The quantitative estimate of drug-likeness (QED) is 0.808. The predicted molar refractivity (Wildman–Crippen MR) is 77.8 cm³/mol. The molecule has 0 aromatic heterocycles. The Bertz CT molecular complexity index is 308. The number of rotatable bonds is 4. The molecule has 1 aliphatic heterocycles. The van der Waals surface area contributed by atoms with E-state index in [1.807, 2.05) is 0 Å². The molecule has 0 bridgehead atoms. The van der Waals surface area contributed by atoms with E-state index in [0.717, 1.165) is 32.4 Å². The molecule has 1 saturated carbocycles. The van der Waals surface area contributed by atoms with E-state index >= 15 is 0 Å². The van der Waals surface area contributed by atoms with E-state index in [2.05, 4.69) is 24.2 Å². The van der Waals surface area contributed by atoms with Crippen LogP contribution in [0.1, 0.15) is 45.4 Å². The van der Waals surface area contributed by atoms with Crippen molar-refractivity contribution in [3.63, 3.8) is 0 Å². The zero-order valence-corrected chi connectivity index (χ0v) is 12.4. The van der Waals surface area contributed by atoms with Crippen LogP contribution in [0.15, 0.2) is 0 Å². The molecule has 0 aromatic rings. The van der Waals surface area contributed by atoms with E-state index in [0.29, 0.717) is 18.0 Å². The summed E-state index contributed by atoms with van der Waals surface area (Å²) in [6.45, 7) is 4.03. The van der Waals surface area contributed by atoms with Crippen molar-refractivity contribution in [3.05, 3.63) is 0 Å². The van der Waals surface area contributed by atoms with Gasteiger partial charge in [-0.3, -0.25) is 4.79 Å².